The molecule has 0 saturated heterocycles. The Morgan fingerprint density at radius 2 is 2.27 bits per heavy atom. The van der Waals surface area contributed by atoms with E-state index in [0.717, 1.165) is 5.69 Å². The fourth-order valence-corrected chi connectivity index (χ4v) is 0.935. The summed E-state index contributed by atoms with van der Waals surface area (Å²) in [5.74, 6) is 0. The van der Waals surface area contributed by atoms with Crippen molar-refractivity contribution in [3.05, 3.63) is 40.3 Å². The summed E-state index contributed by atoms with van der Waals surface area (Å²) in [6.07, 6.45) is 0. The second kappa shape index (κ2) is 2.93. The van der Waals surface area contributed by atoms with Crippen LogP contribution in [0.25, 0.3) is 5.03 Å². The molecule has 1 heterocycles. The number of aromatic amines is 1. The molecule has 1 aromatic rings. The van der Waals surface area contributed by atoms with Crippen molar-refractivity contribution in [2.24, 2.45) is 0 Å². The van der Waals surface area contributed by atoms with Crippen LogP contribution in [0.2, 0.25) is 0 Å². The van der Waals surface area contributed by atoms with Gasteiger partial charge >= 0.3 is 0 Å². The molecule has 2 nitrogen and oxygen atoms in total. The van der Waals surface area contributed by atoms with E-state index in [1.165, 1.54) is 0 Å². The van der Waals surface area contributed by atoms with E-state index in [9.17, 15) is 4.79 Å². The molecule has 1 N–H and O–H groups in total. The van der Waals surface area contributed by atoms with Crippen LogP contribution in [0.5, 0.6) is 0 Å². The van der Waals surface area contributed by atoms with E-state index >= 15 is 0 Å². The first kappa shape index (κ1) is 8.08. The Labute approximate surface area is 69.5 Å². The molecular formula is C8H8ClNO. The molecule has 0 saturated carbocycles. The van der Waals surface area contributed by atoms with Crippen molar-refractivity contribution in [1.82, 2.24) is 4.98 Å². The number of pyridine rings is 1. The van der Waals surface area contributed by atoms with E-state index in [-0.39, 0.29) is 10.6 Å². The number of aryl methyl sites for hydroxylation is 1. The topological polar surface area (TPSA) is 32.9 Å². The number of H-pyrrole nitrogens is 1. The van der Waals surface area contributed by atoms with Crippen LogP contribution in [-0.2, 0) is 0 Å². The Bertz CT molecular complexity index is 340. The molecule has 0 amide bonds. The molecule has 0 atom stereocenters. The molecule has 1 aromatic heterocycles. The van der Waals surface area contributed by atoms with Gasteiger partial charge in [0.15, 0.2) is 0 Å². The highest BCUT2D eigenvalue weighted by molar-refractivity contribution is 6.48. The number of hydrogen-bond donors (Lipinski definition) is 1. The summed E-state index contributed by atoms with van der Waals surface area (Å²) < 4.78 is 0. The molecule has 58 valence electrons. The van der Waals surface area contributed by atoms with Crippen LogP contribution >= 0.6 is 11.6 Å². The highest BCUT2D eigenvalue weighted by atomic mass is 35.5. The van der Waals surface area contributed by atoms with Gasteiger partial charge in [-0.15, -0.1) is 0 Å². The first-order valence-electron chi connectivity index (χ1n) is 3.16. The van der Waals surface area contributed by atoms with E-state index in [4.69, 9.17) is 11.6 Å². The highest BCUT2D eigenvalue weighted by Crippen LogP contribution is 2.10. The van der Waals surface area contributed by atoms with Crippen LogP contribution < -0.4 is 5.56 Å². The zero-order valence-electron chi connectivity index (χ0n) is 6.15. The lowest BCUT2D eigenvalue weighted by Gasteiger charge is -1.96. The summed E-state index contributed by atoms with van der Waals surface area (Å²) in [6, 6.07) is 3.44. The zero-order chi connectivity index (χ0) is 8.43. The minimum Gasteiger partial charge on any atom is -0.326 e. The summed E-state index contributed by atoms with van der Waals surface area (Å²) >= 11 is 5.55. The van der Waals surface area contributed by atoms with Gasteiger partial charge in [-0.05, 0) is 19.1 Å². The third-order valence-electron chi connectivity index (χ3n) is 1.35. The molecule has 0 unspecified atom stereocenters. The van der Waals surface area contributed by atoms with Crippen LogP contribution in [0.3, 0.4) is 0 Å². The summed E-state index contributed by atoms with van der Waals surface area (Å²) in [6.45, 7) is 5.27. The van der Waals surface area contributed by atoms with E-state index in [2.05, 4.69) is 11.6 Å². The summed E-state index contributed by atoms with van der Waals surface area (Å²) in [7, 11) is 0. The third kappa shape index (κ3) is 1.71. The molecule has 0 radical (unpaired) electrons. The maximum Gasteiger partial charge on any atom is 0.256 e. The lowest BCUT2D eigenvalue weighted by Crippen LogP contribution is -2.10. The quantitative estimate of drug-likeness (QED) is 0.684. The molecule has 1 rings (SSSR count). The summed E-state index contributed by atoms with van der Waals surface area (Å²) in [5, 5.41) is 0.270. The third-order valence-corrected chi connectivity index (χ3v) is 1.55. The van der Waals surface area contributed by atoms with Crippen molar-refractivity contribution in [3.8, 4) is 0 Å². The maximum atomic E-state index is 11.1. The van der Waals surface area contributed by atoms with Crippen molar-refractivity contribution in [1.29, 1.82) is 0 Å². The second-order valence-corrected chi connectivity index (χ2v) is 2.75. The van der Waals surface area contributed by atoms with Crippen molar-refractivity contribution < 1.29 is 0 Å². The molecule has 11 heavy (non-hydrogen) atoms. The van der Waals surface area contributed by atoms with Crippen molar-refractivity contribution in [3.63, 3.8) is 0 Å². The number of nitrogens with one attached hydrogen (secondary N) is 1. The van der Waals surface area contributed by atoms with Gasteiger partial charge in [-0.2, -0.15) is 0 Å². The van der Waals surface area contributed by atoms with Crippen molar-refractivity contribution in [2.45, 2.75) is 6.92 Å². The average Bonchev–Trinajstić information content (AvgIpc) is 1.85. The Morgan fingerprint density at radius 1 is 1.64 bits per heavy atom. The second-order valence-electron chi connectivity index (χ2n) is 2.29. The molecule has 0 fully saturated rings. The Balaban J connectivity index is 3.32. The molecule has 0 aromatic carbocycles. The van der Waals surface area contributed by atoms with Gasteiger partial charge in [0.05, 0.1) is 5.56 Å². The first-order chi connectivity index (χ1) is 5.11. The van der Waals surface area contributed by atoms with Crippen LogP contribution in [0, 0.1) is 6.92 Å². The molecule has 0 aliphatic rings. The van der Waals surface area contributed by atoms with E-state index < -0.39 is 0 Å². The van der Waals surface area contributed by atoms with Gasteiger partial charge in [-0.25, -0.2) is 0 Å². The van der Waals surface area contributed by atoms with Crippen LogP contribution in [0.4, 0.5) is 0 Å². The summed E-state index contributed by atoms with van der Waals surface area (Å²) in [4.78, 5) is 13.7. The Morgan fingerprint density at radius 3 is 2.73 bits per heavy atom. The van der Waals surface area contributed by atoms with Gasteiger partial charge in [0, 0.05) is 10.7 Å². The van der Waals surface area contributed by atoms with Crippen LogP contribution in [0.15, 0.2) is 23.5 Å². The molecular weight excluding hydrogens is 162 g/mol. The van der Waals surface area contributed by atoms with Crippen LogP contribution in [-0.4, -0.2) is 4.98 Å². The zero-order valence-corrected chi connectivity index (χ0v) is 6.90. The smallest absolute Gasteiger partial charge is 0.256 e. The van der Waals surface area contributed by atoms with Crippen LogP contribution in [0.1, 0.15) is 11.3 Å². The van der Waals surface area contributed by atoms with Crippen molar-refractivity contribution >= 4 is 16.6 Å². The lowest BCUT2D eigenvalue weighted by atomic mass is 10.2. The number of rotatable bonds is 1. The summed E-state index contributed by atoms with van der Waals surface area (Å²) in [5.41, 5.74) is 1.05. The van der Waals surface area contributed by atoms with Crippen molar-refractivity contribution in [2.75, 3.05) is 0 Å². The molecule has 3 heteroatoms. The van der Waals surface area contributed by atoms with E-state index in [0.29, 0.717) is 5.56 Å². The first-order valence-corrected chi connectivity index (χ1v) is 3.54. The van der Waals surface area contributed by atoms with E-state index in [1.54, 1.807) is 12.1 Å². The molecule has 0 bridgehead atoms. The molecule has 0 aliphatic heterocycles. The molecule has 0 aliphatic carbocycles. The predicted octanol–water partition coefficient (Wildman–Crippen LogP) is 1.89. The number of hydrogen-bond acceptors (Lipinski definition) is 1. The Kier molecular flexibility index (Phi) is 2.15. The fraction of sp³-hybridized carbons (Fsp3) is 0.125. The van der Waals surface area contributed by atoms with Gasteiger partial charge in [0.25, 0.3) is 5.56 Å². The van der Waals surface area contributed by atoms with Gasteiger partial charge in [-0.3, -0.25) is 4.79 Å². The fourth-order valence-electron chi connectivity index (χ4n) is 0.786. The normalized spacial score (nSPS) is 9.64. The van der Waals surface area contributed by atoms with Gasteiger partial charge in [0.2, 0.25) is 0 Å². The maximum absolute atomic E-state index is 11.1. The number of aromatic nitrogens is 1. The minimum atomic E-state index is -0.190. The van der Waals surface area contributed by atoms with E-state index in [1.807, 2.05) is 6.92 Å². The molecule has 0 spiro atoms. The van der Waals surface area contributed by atoms with Gasteiger partial charge in [0.1, 0.15) is 0 Å². The minimum absolute atomic E-state index is 0.190. The lowest BCUT2D eigenvalue weighted by molar-refractivity contribution is 1.13. The SMILES string of the molecule is C=C(Cl)c1ccc(C)[nH]c1=O. The largest absolute Gasteiger partial charge is 0.326 e. The Hall–Kier alpha value is -1.02. The van der Waals surface area contributed by atoms with Gasteiger partial charge < -0.3 is 4.98 Å². The number of halogens is 1. The monoisotopic (exact) mass is 169 g/mol. The average molecular weight is 170 g/mol. The van der Waals surface area contributed by atoms with Gasteiger partial charge in [-0.1, -0.05) is 18.2 Å². The highest BCUT2D eigenvalue weighted by Gasteiger charge is 1.99. The predicted molar refractivity (Wildman–Crippen MR) is 46.7 cm³/mol. The standard InChI is InChI=1S/C8H8ClNO/c1-5-3-4-7(6(2)9)8(11)10-5/h3-4H,2H2,1H3,(H,10,11).